The highest BCUT2D eigenvalue weighted by molar-refractivity contribution is 14.0. The molecule has 0 aliphatic carbocycles. The molecule has 3 rings (SSSR count). The van der Waals surface area contributed by atoms with E-state index in [1.807, 2.05) is 37.3 Å². The minimum absolute atomic E-state index is 0. The monoisotopic (exact) mass is 572 g/mol. The number of ether oxygens (including phenoxy) is 3. The molecule has 2 unspecified atom stereocenters. The average molecular weight is 572 g/mol. The van der Waals surface area contributed by atoms with Crippen molar-refractivity contribution in [3.05, 3.63) is 59.9 Å². The first-order valence-corrected chi connectivity index (χ1v) is 10.9. The molecule has 2 aromatic rings. The molecule has 1 saturated heterocycles. The lowest BCUT2D eigenvalue weighted by atomic mass is 10.0. The van der Waals surface area contributed by atoms with Crippen molar-refractivity contribution in [1.82, 2.24) is 15.5 Å². The number of benzene rings is 2. The summed E-state index contributed by atoms with van der Waals surface area (Å²) in [6, 6.07) is 14.4. The molecule has 7 nitrogen and oxygen atoms in total. The van der Waals surface area contributed by atoms with Gasteiger partial charge in [-0.2, -0.15) is 0 Å². The zero-order valence-electron chi connectivity index (χ0n) is 19.4. The predicted octanol–water partition coefficient (Wildman–Crippen LogP) is 3.46. The first-order valence-electron chi connectivity index (χ1n) is 10.9. The third-order valence-corrected chi connectivity index (χ3v) is 5.36. The van der Waals surface area contributed by atoms with Crippen molar-refractivity contribution in [3.8, 4) is 11.5 Å². The Morgan fingerprint density at radius 2 is 1.79 bits per heavy atom. The van der Waals surface area contributed by atoms with E-state index >= 15 is 0 Å². The number of para-hydroxylation sites is 2. The van der Waals surface area contributed by atoms with E-state index in [-0.39, 0.29) is 41.9 Å². The molecule has 1 fully saturated rings. The number of nitrogens with zero attached hydrogens (tertiary/aromatic N) is 2. The van der Waals surface area contributed by atoms with Crippen LogP contribution in [0.15, 0.2) is 53.5 Å². The van der Waals surface area contributed by atoms with Gasteiger partial charge in [-0.15, -0.1) is 24.0 Å². The molecule has 1 aliphatic rings. The summed E-state index contributed by atoms with van der Waals surface area (Å²) in [5.74, 6) is 1.83. The Morgan fingerprint density at radius 3 is 2.45 bits per heavy atom. The fraction of sp³-hybridized carbons (Fsp3) is 0.458. The zero-order valence-corrected chi connectivity index (χ0v) is 21.8. The summed E-state index contributed by atoms with van der Waals surface area (Å²) in [5, 5.41) is 6.68. The molecule has 0 amide bonds. The SMILES string of the molecule is CN=C(NCC(C)Oc1ccccc1OC)NCC(c1cccc(F)c1)N1CCOCC1.I. The lowest BCUT2D eigenvalue weighted by Crippen LogP contribution is -2.47. The van der Waals surface area contributed by atoms with Gasteiger partial charge >= 0.3 is 0 Å². The Hall–Kier alpha value is -2.11. The van der Waals surface area contributed by atoms with Crippen LogP contribution >= 0.6 is 24.0 Å². The smallest absolute Gasteiger partial charge is 0.191 e. The van der Waals surface area contributed by atoms with Gasteiger partial charge in [-0.05, 0) is 36.8 Å². The summed E-state index contributed by atoms with van der Waals surface area (Å²) in [5.41, 5.74) is 0.933. The Balaban J connectivity index is 0.00000385. The third kappa shape index (κ3) is 8.31. The van der Waals surface area contributed by atoms with E-state index < -0.39 is 0 Å². The summed E-state index contributed by atoms with van der Waals surface area (Å²) in [7, 11) is 3.35. The van der Waals surface area contributed by atoms with E-state index in [2.05, 4.69) is 20.5 Å². The fourth-order valence-corrected chi connectivity index (χ4v) is 3.69. The number of hydrogen-bond donors (Lipinski definition) is 2. The molecule has 2 atom stereocenters. The van der Waals surface area contributed by atoms with E-state index in [9.17, 15) is 4.39 Å². The molecule has 33 heavy (non-hydrogen) atoms. The molecule has 2 N–H and O–H groups in total. The highest BCUT2D eigenvalue weighted by Gasteiger charge is 2.23. The maximum atomic E-state index is 13.9. The lowest BCUT2D eigenvalue weighted by molar-refractivity contribution is 0.0169. The minimum Gasteiger partial charge on any atom is -0.493 e. The largest absolute Gasteiger partial charge is 0.493 e. The van der Waals surface area contributed by atoms with Crippen LogP contribution in [0.25, 0.3) is 0 Å². The number of hydrogen-bond acceptors (Lipinski definition) is 5. The van der Waals surface area contributed by atoms with E-state index in [1.165, 1.54) is 6.07 Å². The first-order chi connectivity index (χ1) is 15.6. The van der Waals surface area contributed by atoms with Gasteiger partial charge in [0.2, 0.25) is 0 Å². The molecule has 0 bridgehead atoms. The third-order valence-electron chi connectivity index (χ3n) is 5.36. The van der Waals surface area contributed by atoms with Crippen molar-refractivity contribution in [2.24, 2.45) is 4.99 Å². The summed E-state index contributed by atoms with van der Waals surface area (Å²) >= 11 is 0. The maximum absolute atomic E-state index is 13.9. The zero-order chi connectivity index (χ0) is 22.8. The number of halogens is 2. The van der Waals surface area contributed by atoms with Crippen molar-refractivity contribution in [3.63, 3.8) is 0 Å². The molecule has 0 saturated carbocycles. The molecule has 182 valence electrons. The highest BCUT2D eigenvalue weighted by Crippen LogP contribution is 2.26. The Morgan fingerprint density at radius 1 is 1.09 bits per heavy atom. The molecule has 0 radical (unpaired) electrons. The average Bonchev–Trinajstić information content (AvgIpc) is 2.82. The van der Waals surface area contributed by atoms with Gasteiger partial charge in [0.15, 0.2) is 17.5 Å². The number of rotatable bonds is 9. The van der Waals surface area contributed by atoms with E-state index in [1.54, 1.807) is 26.3 Å². The van der Waals surface area contributed by atoms with Gasteiger partial charge in [-0.3, -0.25) is 9.89 Å². The molecular formula is C24H34FIN4O3. The number of morpholine rings is 1. The van der Waals surface area contributed by atoms with Crippen LogP contribution in [0.4, 0.5) is 4.39 Å². The van der Waals surface area contributed by atoms with Gasteiger partial charge in [0, 0.05) is 26.7 Å². The molecule has 0 spiro atoms. The van der Waals surface area contributed by atoms with Crippen molar-refractivity contribution >= 4 is 29.9 Å². The van der Waals surface area contributed by atoms with Crippen LogP contribution in [-0.4, -0.2) is 70.5 Å². The first kappa shape index (κ1) is 27.1. The number of methoxy groups -OCH3 is 1. The second-order valence-electron chi connectivity index (χ2n) is 7.63. The Bertz CT molecular complexity index is 880. The van der Waals surface area contributed by atoms with E-state index in [0.29, 0.717) is 43.8 Å². The predicted molar refractivity (Wildman–Crippen MR) is 139 cm³/mol. The van der Waals surface area contributed by atoms with Crippen molar-refractivity contribution in [2.45, 2.75) is 19.1 Å². The lowest BCUT2D eigenvalue weighted by Gasteiger charge is -2.35. The molecule has 9 heteroatoms. The van der Waals surface area contributed by atoms with E-state index in [4.69, 9.17) is 14.2 Å². The summed E-state index contributed by atoms with van der Waals surface area (Å²) in [4.78, 5) is 6.64. The standard InChI is InChI=1S/C24H33FN4O3.HI/c1-18(32-23-10-5-4-9-22(23)30-3)16-27-24(26-2)28-17-21(29-11-13-31-14-12-29)19-7-6-8-20(25)15-19;/h4-10,15,18,21H,11-14,16-17H2,1-3H3,(H2,26,27,28);1H. The molecule has 1 heterocycles. The van der Waals surface area contributed by atoms with Crippen LogP contribution in [0.3, 0.4) is 0 Å². The van der Waals surface area contributed by atoms with Crippen molar-refractivity contribution in [1.29, 1.82) is 0 Å². The van der Waals surface area contributed by atoms with Crippen LogP contribution in [0.2, 0.25) is 0 Å². The van der Waals surface area contributed by atoms with Crippen LogP contribution < -0.4 is 20.1 Å². The van der Waals surface area contributed by atoms with Crippen molar-refractivity contribution < 1.29 is 18.6 Å². The second-order valence-corrected chi connectivity index (χ2v) is 7.63. The Labute approximate surface area is 212 Å². The number of nitrogens with one attached hydrogen (secondary N) is 2. The minimum atomic E-state index is -0.231. The molecule has 0 aromatic heterocycles. The topological polar surface area (TPSA) is 67.4 Å². The van der Waals surface area contributed by atoms with Gasteiger partial charge in [0.25, 0.3) is 0 Å². The molecule has 2 aromatic carbocycles. The van der Waals surface area contributed by atoms with Gasteiger partial charge in [0.1, 0.15) is 11.9 Å². The van der Waals surface area contributed by atoms with Gasteiger partial charge in [-0.25, -0.2) is 4.39 Å². The van der Waals surface area contributed by atoms with Crippen LogP contribution in [-0.2, 0) is 4.74 Å². The van der Waals surface area contributed by atoms with Gasteiger partial charge in [-0.1, -0.05) is 24.3 Å². The maximum Gasteiger partial charge on any atom is 0.191 e. The second kappa shape index (κ2) is 14.2. The normalized spacial score (nSPS) is 16.3. The number of aliphatic imine (C=N–C) groups is 1. The van der Waals surface area contributed by atoms with Crippen LogP contribution in [0.1, 0.15) is 18.5 Å². The summed E-state index contributed by atoms with van der Waals surface area (Å²) in [6.45, 7) is 6.09. The fourth-order valence-electron chi connectivity index (χ4n) is 3.69. The van der Waals surface area contributed by atoms with Crippen LogP contribution in [0, 0.1) is 5.82 Å². The van der Waals surface area contributed by atoms with E-state index in [0.717, 1.165) is 18.7 Å². The van der Waals surface area contributed by atoms with Gasteiger partial charge < -0.3 is 24.8 Å². The van der Waals surface area contributed by atoms with Gasteiger partial charge in [0.05, 0.1) is 32.9 Å². The van der Waals surface area contributed by atoms with Crippen molar-refractivity contribution in [2.75, 3.05) is 53.6 Å². The Kier molecular flexibility index (Phi) is 11.7. The molecule has 1 aliphatic heterocycles. The quantitative estimate of drug-likeness (QED) is 0.273. The molecular weight excluding hydrogens is 538 g/mol. The number of guanidine groups is 1. The highest BCUT2D eigenvalue weighted by atomic mass is 127. The van der Waals surface area contributed by atoms with Crippen LogP contribution in [0.5, 0.6) is 11.5 Å². The summed E-state index contributed by atoms with van der Waals surface area (Å²) < 4.78 is 30.7. The summed E-state index contributed by atoms with van der Waals surface area (Å²) in [6.07, 6.45) is -0.108.